The van der Waals surface area contributed by atoms with E-state index >= 15 is 0 Å². The second kappa shape index (κ2) is 6.93. The average molecular weight is 226 g/mol. The Kier molecular flexibility index (Phi) is 5.86. The van der Waals surface area contributed by atoms with Gasteiger partial charge in [-0.25, -0.2) is 0 Å². The molecule has 0 bridgehead atoms. The Morgan fingerprint density at radius 2 is 1.81 bits per heavy atom. The first-order chi connectivity index (χ1) is 7.61. The zero-order chi connectivity index (χ0) is 12.0. The summed E-state index contributed by atoms with van der Waals surface area (Å²) < 4.78 is 0. The van der Waals surface area contributed by atoms with Crippen LogP contribution in [-0.2, 0) is 4.79 Å². The zero-order valence-corrected chi connectivity index (χ0v) is 10.7. The number of carboxylic acid groups (broad SMARTS) is 1. The van der Waals surface area contributed by atoms with E-state index in [-0.39, 0.29) is 0 Å². The lowest BCUT2D eigenvalue weighted by Gasteiger charge is -2.29. The standard InChI is InChI=1S/C14H26O2/c1-3-4-11(2)9-12-5-7-13(8-6-12)10-14(15)16/h11-13H,3-10H2,1-2H3,(H,15,16)/t11?,12-,13+. The molecule has 0 saturated heterocycles. The molecule has 0 aliphatic heterocycles. The highest BCUT2D eigenvalue weighted by molar-refractivity contribution is 5.67. The highest BCUT2D eigenvalue weighted by atomic mass is 16.4. The first kappa shape index (κ1) is 13.5. The van der Waals surface area contributed by atoms with Gasteiger partial charge in [0.2, 0.25) is 0 Å². The minimum atomic E-state index is -0.622. The monoisotopic (exact) mass is 226 g/mol. The van der Waals surface area contributed by atoms with Crippen LogP contribution in [0, 0.1) is 17.8 Å². The summed E-state index contributed by atoms with van der Waals surface area (Å²) in [7, 11) is 0. The molecule has 1 N–H and O–H groups in total. The molecule has 2 nitrogen and oxygen atoms in total. The normalized spacial score (nSPS) is 27.6. The molecule has 16 heavy (non-hydrogen) atoms. The molecule has 1 rings (SSSR count). The van der Waals surface area contributed by atoms with E-state index in [1.54, 1.807) is 0 Å². The van der Waals surface area contributed by atoms with E-state index in [4.69, 9.17) is 5.11 Å². The highest BCUT2D eigenvalue weighted by Gasteiger charge is 2.23. The molecule has 1 aliphatic carbocycles. The second-order valence-corrected chi connectivity index (χ2v) is 5.61. The van der Waals surface area contributed by atoms with E-state index in [0.717, 1.165) is 24.7 Å². The Labute approximate surface area is 99.4 Å². The molecule has 94 valence electrons. The molecule has 2 heteroatoms. The van der Waals surface area contributed by atoms with Crippen LogP contribution in [0.4, 0.5) is 0 Å². The van der Waals surface area contributed by atoms with Crippen LogP contribution in [0.3, 0.4) is 0 Å². The minimum Gasteiger partial charge on any atom is -0.481 e. The summed E-state index contributed by atoms with van der Waals surface area (Å²) in [6.07, 6.45) is 9.15. The number of carboxylic acids is 1. The molecule has 1 aliphatic rings. The molecule has 0 aromatic rings. The third kappa shape index (κ3) is 5.00. The molecular weight excluding hydrogens is 200 g/mol. The fraction of sp³-hybridized carbons (Fsp3) is 0.929. The van der Waals surface area contributed by atoms with Crippen LogP contribution < -0.4 is 0 Å². The lowest BCUT2D eigenvalue weighted by atomic mass is 9.77. The average Bonchev–Trinajstić information content (AvgIpc) is 2.20. The Balaban J connectivity index is 2.18. The quantitative estimate of drug-likeness (QED) is 0.740. The molecule has 1 atom stereocenters. The van der Waals surface area contributed by atoms with E-state index in [0.29, 0.717) is 12.3 Å². The van der Waals surface area contributed by atoms with Crippen molar-refractivity contribution in [2.75, 3.05) is 0 Å². The molecule has 1 fully saturated rings. The van der Waals surface area contributed by atoms with Crippen LogP contribution in [0.5, 0.6) is 0 Å². The van der Waals surface area contributed by atoms with Crippen molar-refractivity contribution in [3.05, 3.63) is 0 Å². The molecule has 0 aromatic heterocycles. The third-order valence-corrected chi connectivity index (χ3v) is 3.95. The first-order valence-corrected chi connectivity index (χ1v) is 6.83. The van der Waals surface area contributed by atoms with Crippen LogP contribution in [0.15, 0.2) is 0 Å². The number of aliphatic carboxylic acids is 1. The predicted octanol–water partition coefficient (Wildman–Crippen LogP) is 4.09. The van der Waals surface area contributed by atoms with Gasteiger partial charge >= 0.3 is 5.97 Å². The molecular formula is C14H26O2. The summed E-state index contributed by atoms with van der Waals surface area (Å²) >= 11 is 0. The molecule has 0 radical (unpaired) electrons. The summed E-state index contributed by atoms with van der Waals surface area (Å²) in [6, 6.07) is 0. The number of carbonyl (C=O) groups is 1. The van der Waals surface area contributed by atoms with Gasteiger partial charge in [0.1, 0.15) is 0 Å². The Hall–Kier alpha value is -0.530. The Bertz CT molecular complexity index is 205. The molecule has 0 amide bonds. The molecule has 1 unspecified atom stereocenters. The fourth-order valence-corrected chi connectivity index (χ4v) is 3.10. The number of hydrogen-bond acceptors (Lipinski definition) is 1. The zero-order valence-electron chi connectivity index (χ0n) is 10.7. The van der Waals surface area contributed by atoms with Crippen molar-refractivity contribution >= 4 is 5.97 Å². The summed E-state index contributed by atoms with van der Waals surface area (Å²) in [5.74, 6) is 1.55. The fourth-order valence-electron chi connectivity index (χ4n) is 3.10. The molecule has 0 aromatic carbocycles. The maximum absolute atomic E-state index is 10.6. The van der Waals surface area contributed by atoms with Gasteiger partial charge in [-0.05, 0) is 37.0 Å². The van der Waals surface area contributed by atoms with Gasteiger partial charge in [0.05, 0.1) is 0 Å². The lowest BCUT2D eigenvalue weighted by Crippen LogP contribution is -2.18. The van der Waals surface area contributed by atoms with Crippen molar-refractivity contribution in [1.29, 1.82) is 0 Å². The van der Waals surface area contributed by atoms with E-state index in [2.05, 4.69) is 13.8 Å². The minimum absolute atomic E-state index is 0.386. The van der Waals surface area contributed by atoms with Gasteiger partial charge in [0, 0.05) is 6.42 Å². The first-order valence-electron chi connectivity index (χ1n) is 6.83. The van der Waals surface area contributed by atoms with Crippen molar-refractivity contribution < 1.29 is 9.90 Å². The maximum Gasteiger partial charge on any atom is 0.303 e. The van der Waals surface area contributed by atoms with Gasteiger partial charge in [-0.3, -0.25) is 4.79 Å². The lowest BCUT2D eigenvalue weighted by molar-refractivity contribution is -0.138. The van der Waals surface area contributed by atoms with Crippen molar-refractivity contribution in [3.8, 4) is 0 Å². The van der Waals surface area contributed by atoms with Gasteiger partial charge in [0.15, 0.2) is 0 Å². The largest absolute Gasteiger partial charge is 0.481 e. The van der Waals surface area contributed by atoms with Gasteiger partial charge in [-0.2, -0.15) is 0 Å². The summed E-state index contributed by atoms with van der Waals surface area (Å²) in [5.41, 5.74) is 0. The third-order valence-electron chi connectivity index (χ3n) is 3.95. The highest BCUT2D eigenvalue weighted by Crippen LogP contribution is 2.34. The van der Waals surface area contributed by atoms with Crippen molar-refractivity contribution in [3.63, 3.8) is 0 Å². The summed E-state index contributed by atoms with van der Waals surface area (Å²) in [4.78, 5) is 10.6. The van der Waals surface area contributed by atoms with Gasteiger partial charge < -0.3 is 5.11 Å². The topological polar surface area (TPSA) is 37.3 Å². The molecule has 1 saturated carbocycles. The Morgan fingerprint density at radius 1 is 1.25 bits per heavy atom. The maximum atomic E-state index is 10.6. The Morgan fingerprint density at radius 3 is 2.31 bits per heavy atom. The molecule has 0 heterocycles. The smallest absolute Gasteiger partial charge is 0.303 e. The van der Waals surface area contributed by atoms with Crippen molar-refractivity contribution in [2.45, 2.75) is 65.2 Å². The summed E-state index contributed by atoms with van der Waals surface area (Å²) in [6.45, 7) is 4.60. The van der Waals surface area contributed by atoms with Crippen LogP contribution in [0.2, 0.25) is 0 Å². The van der Waals surface area contributed by atoms with Crippen LogP contribution >= 0.6 is 0 Å². The predicted molar refractivity (Wildman–Crippen MR) is 66.4 cm³/mol. The van der Waals surface area contributed by atoms with Crippen LogP contribution in [0.1, 0.15) is 65.2 Å². The van der Waals surface area contributed by atoms with Gasteiger partial charge in [-0.1, -0.05) is 39.5 Å². The van der Waals surface area contributed by atoms with Crippen molar-refractivity contribution in [1.82, 2.24) is 0 Å². The number of rotatable bonds is 6. The van der Waals surface area contributed by atoms with E-state index in [1.807, 2.05) is 0 Å². The van der Waals surface area contributed by atoms with Gasteiger partial charge in [0.25, 0.3) is 0 Å². The summed E-state index contributed by atoms with van der Waals surface area (Å²) in [5, 5.41) is 8.75. The van der Waals surface area contributed by atoms with E-state index < -0.39 is 5.97 Å². The van der Waals surface area contributed by atoms with Gasteiger partial charge in [-0.15, -0.1) is 0 Å². The van der Waals surface area contributed by atoms with E-state index in [1.165, 1.54) is 32.1 Å². The second-order valence-electron chi connectivity index (χ2n) is 5.61. The van der Waals surface area contributed by atoms with Crippen LogP contribution in [0.25, 0.3) is 0 Å². The van der Waals surface area contributed by atoms with E-state index in [9.17, 15) is 4.79 Å². The molecule has 0 spiro atoms. The number of hydrogen-bond donors (Lipinski definition) is 1. The SMILES string of the molecule is CCCC(C)C[C@H]1CC[C@@H](CC(=O)O)CC1. The van der Waals surface area contributed by atoms with Crippen LogP contribution in [-0.4, -0.2) is 11.1 Å². The van der Waals surface area contributed by atoms with Crippen molar-refractivity contribution in [2.24, 2.45) is 17.8 Å².